The lowest BCUT2D eigenvalue weighted by Crippen LogP contribution is -2.31. The highest BCUT2D eigenvalue weighted by Gasteiger charge is 2.27. The molecular weight excluding hydrogens is 290 g/mol. The second-order valence-electron chi connectivity index (χ2n) is 5.97. The fraction of sp³-hybridized carbons (Fsp3) is 0.389. The highest BCUT2D eigenvalue weighted by Crippen LogP contribution is 2.33. The summed E-state index contributed by atoms with van der Waals surface area (Å²) < 4.78 is 5.59. The number of para-hydroxylation sites is 1. The molecule has 2 aromatic rings. The van der Waals surface area contributed by atoms with Crippen molar-refractivity contribution < 1.29 is 9.21 Å². The molecule has 1 amide bonds. The summed E-state index contributed by atoms with van der Waals surface area (Å²) >= 11 is 0. The first-order valence-corrected chi connectivity index (χ1v) is 8.10. The van der Waals surface area contributed by atoms with Gasteiger partial charge in [0.05, 0.1) is 18.4 Å². The molecule has 1 unspecified atom stereocenters. The average Bonchev–Trinajstić information content (AvgIpc) is 3.13. The van der Waals surface area contributed by atoms with E-state index in [1.54, 1.807) is 12.3 Å². The standard InChI is InChI=1S/C18H23N3O2/c1-13-11-14-5-2-3-6-16(14)21(13)12-17-15(7-10-23-17)18(22)20-9-4-8-19/h2-3,5-7,10,13H,4,8-9,11-12,19H2,1H3,(H,20,22). The summed E-state index contributed by atoms with van der Waals surface area (Å²) in [6, 6.07) is 10.5. The lowest BCUT2D eigenvalue weighted by molar-refractivity contribution is 0.0951. The third kappa shape index (κ3) is 3.24. The second-order valence-corrected chi connectivity index (χ2v) is 5.97. The monoisotopic (exact) mass is 313 g/mol. The van der Waals surface area contributed by atoms with Crippen molar-refractivity contribution in [3.8, 4) is 0 Å². The zero-order chi connectivity index (χ0) is 16.2. The van der Waals surface area contributed by atoms with Crippen molar-refractivity contribution in [3.05, 3.63) is 53.5 Å². The first kappa shape index (κ1) is 15.6. The summed E-state index contributed by atoms with van der Waals surface area (Å²) in [6.07, 6.45) is 3.38. The molecule has 3 N–H and O–H groups in total. The smallest absolute Gasteiger partial charge is 0.254 e. The molecule has 23 heavy (non-hydrogen) atoms. The molecule has 1 aliphatic heterocycles. The summed E-state index contributed by atoms with van der Waals surface area (Å²) in [4.78, 5) is 14.6. The van der Waals surface area contributed by atoms with Gasteiger partial charge in [-0.2, -0.15) is 0 Å². The van der Waals surface area contributed by atoms with Crippen molar-refractivity contribution in [2.24, 2.45) is 5.73 Å². The maximum absolute atomic E-state index is 12.3. The van der Waals surface area contributed by atoms with Crippen LogP contribution < -0.4 is 16.0 Å². The van der Waals surface area contributed by atoms with Crippen LogP contribution in [0, 0.1) is 0 Å². The lowest BCUT2D eigenvalue weighted by Gasteiger charge is -2.24. The number of nitrogens with one attached hydrogen (secondary N) is 1. The third-order valence-corrected chi connectivity index (χ3v) is 4.32. The molecule has 3 rings (SSSR count). The number of anilines is 1. The number of nitrogens with zero attached hydrogens (tertiary/aromatic N) is 1. The number of amides is 1. The molecule has 0 bridgehead atoms. The summed E-state index contributed by atoms with van der Waals surface area (Å²) in [5.41, 5.74) is 8.64. The van der Waals surface area contributed by atoms with Gasteiger partial charge in [0, 0.05) is 18.3 Å². The number of hydrogen-bond donors (Lipinski definition) is 2. The van der Waals surface area contributed by atoms with Gasteiger partial charge in [-0.25, -0.2) is 0 Å². The topological polar surface area (TPSA) is 71.5 Å². The highest BCUT2D eigenvalue weighted by molar-refractivity contribution is 5.95. The molecule has 1 aliphatic rings. The number of furan rings is 1. The van der Waals surface area contributed by atoms with Crippen LogP contribution in [0.5, 0.6) is 0 Å². The molecule has 1 aromatic carbocycles. The molecule has 0 radical (unpaired) electrons. The van der Waals surface area contributed by atoms with Crippen molar-refractivity contribution in [2.75, 3.05) is 18.0 Å². The molecule has 122 valence electrons. The van der Waals surface area contributed by atoms with Crippen LogP contribution in [-0.4, -0.2) is 25.0 Å². The van der Waals surface area contributed by atoms with Gasteiger partial charge >= 0.3 is 0 Å². The number of fused-ring (bicyclic) bond motifs is 1. The Bertz CT molecular complexity index is 680. The van der Waals surface area contributed by atoms with Gasteiger partial charge in [-0.15, -0.1) is 0 Å². The van der Waals surface area contributed by atoms with Crippen molar-refractivity contribution in [2.45, 2.75) is 32.4 Å². The Morgan fingerprint density at radius 3 is 3.04 bits per heavy atom. The van der Waals surface area contributed by atoms with Crippen molar-refractivity contribution in [1.82, 2.24) is 5.32 Å². The third-order valence-electron chi connectivity index (χ3n) is 4.32. The van der Waals surface area contributed by atoms with E-state index in [2.05, 4.69) is 35.3 Å². The maximum atomic E-state index is 12.3. The normalized spacial score (nSPS) is 16.4. The van der Waals surface area contributed by atoms with Crippen molar-refractivity contribution >= 4 is 11.6 Å². The SMILES string of the molecule is CC1Cc2ccccc2N1Cc1occc1C(=O)NCCCN. The fourth-order valence-electron chi connectivity index (χ4n) is 3.09. The number of carbonyl (C=O) groups excluding carboxylic acids is 1. The van der Waals surface area contributed by atoms with E-state index in [9.17, 15) is 4.79 Å². The minimum Gasteiger partial charge on any atom is -0.467 e. The van der Waals surface area contributed by atoms with E-state index in [0.29, 0.717) is 37.0 Å². The van der Waals surface area contributed by atoms with E-state index in [0.717, 1.165) is 12.8 Å². The molecule has 5 heteroatoms. The van der Waals surface area contributed by atoms with E-state index in [1.807, 2.05) is 6.07 Å². The largest absolute Gasteiger partial charge is 0.467 e. The minimum absolute atomic E-state index is 0.0951. The van der Waals surface area contributed by atoms with Gasteiger partial charge in [0.15, 0.2) is 0 Å². The number of hydrogen-bond acceptors (Lipinski definition) is 4. The van der Waals surface area contributed by atoms with Crippen LogP contribution in [0.15, 0.2) is 41.0 Å². The van der Waals surface area contributed by atoms with E-state index in [4.69, 9.17) is 10.2 Å². The van der Waals surface area contributed by atoms with Crippen LogP contribution in [0.1, 0.15) is 35.0 Å². The average molecular weight is 313 g/mol. The molecule has 0 aliphatic carbocycles. The Kier molecular flexibility index (Phi) is 4.67. The summed E-state index contributed by atoms with van der Waals surface area (Å²) in [5.74, 6) is 0.612. The molecule has 0 saturated heterocycles. The van der Waals surface area contributed by atoms with Crippen LogP contribution in [0.25, 0.3) is 0 Å². The first-order chi connectivity index (χ1) is 11.2. The lowest BCUT2D eigenvalue weighted by atomic mass is 10.1. The molecule has 0 saturated carbocycles. The summed E-state index contributed by atoms with van der Waals surface area (Å²) in [7, 11) is 0. The molecule has 5 nitrogen and oxygen atoms in total. The molecule has 0 fully saturated rings. The molecule has 2 heterocycles. The zero-order valence-corrected chi connectivity index (χ0v) is 13.4. The summed E-state index contributed by atoms with van der Waals surface area (Å²) in [6.45, 7) is 3.96. The van der Waals surface area contributed by atoms with Crippen LogP contribution in [0.4, 0.5) is 5.69 Å². The fourth-order valence-corrected chi connectivity index (χ4v) is 3.09. The summed E-state index contributed by atoms with van der Waals surface area (Å²) in [5, 5.41) is 2.88. The van der Waals surface area contributed by atoms with Crippen LogP contribution in [0.2, 0.25) is 0 Å². The van der Waals surface area contributed by atoms with Gasteiger partial charge in [0.2, 0.25) is 0 Å². The molecule has 1 atom stereocenters. The Hall–Kier alpha value is -2.27. The first-order valence-electron chi connectivity index (χ1n) is 8.10. The Labute approximate surface area is 136 Å². The van der Waals surface area contributed by atoms with Gasteiger partial charge in [-0.3, -0.25) is 4.79 Å². The van der Waals surface area contributed by atoms with E-state index in [1.165, 1.54) is 11.3 Å². The van der Waals surface area contributed by atoms with E-state index >= 15 is 0 Å². The van der Waals surface area contributed by atoms with E-state index < -0.39 is 0 Å². The number of nitrogens with two attached hydrogens (primary N) is 1. The van der Waals surface area contributed by atoms with Crippen LogP contribution >= 0.6 is 0 Å². The van der Waals surface area contributed by atoms with E-state index in [-0.39, 0.29) is 5.91 Å². The van der Waals surface area contributed by atoms with Crippen molar-refractivity contribution in [3.63, 3.8) is 0 Å². The predicted molar refractivity (Wildman–Crippen MR) is 90.5 cm³/mol. The van der Waals surface area contributed by atoms with Gasteiger partial charge in [0.1, 0.15) is 5.76 Å². The zero-order valence-electron chi connectivity index (χ0n) is 13.4. The van der Waals surface area contributed by atoms with Gasteiger partial charge in [-0.1, -0.05) is 18.2 Å². The molecule has 0 spiro atoms. The van der Waals surface area contributed by atoms with Gasteiger partial charge < -0.3 is 20.4 Å². The Morgan fingerprint density at radius 1 is 1.39 bits per heavy atom. The Balaban J connectivity index is 1.74. The quantitative estimate of drug-likeness (QED) is 0.803. The van der Waals surface area contributed by atoms with Crippen molar-refractivity contribution in [1.29, 1.82) is 0 Å². The molecule has 1 aromatic heterocycles. The van der Waals surface area contributed by atoms with Crippen LogP contribution in [0.3, 0.4) is 0 Å². The van der Waals surface area contributed by atoms with Gasteiger partial charge in [-0.05, 0) is 44.0 Å². The van der Waals surface area contributed by atoms with Crippen LogP contribution in [-0.2, 0) is 13.0 Å². The number of benzene rings is 1. The highest BCUT2D eigenvalue weighted by atomic mass is 16.3. The maximum Gasteiger partial charge on any atom is 0.254 e. The minimum atomic E-state index is -0.0951. The molecular formula is C18H23N3O2. The second kappa shape index (κ2) is 6.87. The van der Waals surface area contributed by atoms with Gasteiger partial charge in [0.25, 0.3) is 5.91 Å². The predicted octanol–water partition coefficient (Wildman–Crippen LogP) is 2.31. The number of carbonyl (C=O) groups is 1. The number of rotatable bonds is 6. The Morgan fingerprint density at radius 2 is 2.22 bits per heavy atom.